The summed E-state index contributed by atoms with van der Waals surface area (Å²) in [6, 6.07) is 12.7. The van der Waals surface area contributed by atoms with Crippen LogP contribution in [-0.2, 0) is 16.5 Å². The van der Waals surface area contributed by atoms with Gasteiger partial charge >= 0.3 is 6.03 Å². The molecule has 0 spiro atoms. The molecule has 1 aliphatic rings. The molecule has 1 fully saturated rings. The Labute approximate surface area is 253 Å². The van der Waals surface area contributed by atoms with Crippen LogP contribution >= 0.6 is 0 Å². The molecule has 0 bridgehead atoms. The zero-order chi connectivity index (χ0) is 31.4. The van der Waals surface area contributed by atoms with Gasteiger partial charge in [-0.1, -0.05) is 18.2 Å². The van der Waals surface area contributed by atoms with Crippen LogP contribution in [-0.4, -0.2) is 64.2 Å². The van der Waals surface area contributed by atoms with Crippen LogP contribution in [0.15, 0.2) is 65.7 Å². The molecule has 1 aliphatic heterocycles. The molecule has 1 saturated heterocycles. The topological polar surface area (TPSA) is 141 Å². The van der Waals surface area contributed by atoms with Gasteiger partial charge in [0, 0.05) is 51.3 Å². The van der Waals surface area contributed by atoms with Gasteiger partial charge in [0.2, 0.25) is 5.95 Å². The SMILES string of the molecule is CNC(=O)c1cc(-c2nn(-c3ccccc3)c(NC(=O)N[C@@H]3C[C@@H](CCOC)O[C@H]3c3ccnc(F)c3)c2C)cn(C)c1=O. The van der Waals surface area contributed by atoms with E-state index in [9.17, 15) is 18.8 Å². The number of methoxy groups -OCH3 is 1. The second-order valence-electron chi connectivity index (χ2n) is 10.5. The lowest BCUT2D eigenvalue weighted by Gasteiger charge is -2.21. The van der Waals surface area contributed by atoms with Crippen molar-refractivity contribution in [1.82, 2.24) is 30.0 Å². The van der Waals surface area contributed by atoms with Gasteiger partial charge in [0.05, 0.1) is 23.5 Å². The minimum Gasteiger partial charge on any atom is -0.385 e. The first kappa shape index (κ1) is 30.6. The number of nitrogens with one attached hydrogen (secondary N) is 3. The zero-order valence-electron chi connectivity index (χ0n) is 24.8. The van der Waals surface area contributed by atoms with Gasteiger partial charge < -0.3 is 24.7 Å². The average molecular weight is 604 g/mol. The molecule has 4 aromatic rings. The molecule has 3 aromatic heterocycles. The number of urea groups is 1. The summed E-state index contributed by atoms with van der Waals surface area (Å²) >= 11 is 0. The summed E-state index contributed by atoms with van der Waals surface area (Å²) < 4.78 is 28.3. The van der Waals surface area contributed by atoms with Crippen molar-refractivity contribution >= 4 is 17.8 Å². The second-order valence-corrected chi connectivity index (χ2v) is 10.5. The number of amides is 3. The Morgan fingerprint density at radius 2 is 1.95 bits per heavy atom. The highest BCUT2D eigenvalue weighted by molar-refractivity contribution is 5.95. The molecule has 0 saturated carbocycles. The van der Waals surface area contributed by atoms with Crippen molar-refractivity contribution in [3.63, 3.8) is 0 Å². The summed E-state index contributed by atoms with van der Waals surface area (Å²) in [5, 5.41) is 13.2. The molecule has 230 valence electrons. The molecule has 44 heavy (non-hydrogen) atoms. The quantitative estimate of drug-likeness (QED) is 0.249. The van der Waals surface area contributed by atoms with Crippen LogP contribution in [0.25, 0.3) is 16.9 Å². The molecule has 1 aromatic carbocycles. The minimum absolute atomic E-state index is 0.0312. The standard InChI is InChI=1S/C31H34FN7O5/c1-18-26(20-14-23(29(40)33-2)30(41)38(3)17-20)37-39(21-8-6-5-7-9-21)28(18)36-31(42)35-24-16-22(11-13-43-4)44-27(24)19-10-12-34-25(32)15-19/h5-10,12,14-15,17,22,24,27H,11,13,16H2,1-4H3,(H,33,40)(H2,35,36,42)/t22-,24-,27+/m1/s1. The molecule has 0 unspecified atom stereocenters. The molecule has 13 heteroatoms. The number of benzene rings is 1. The van der Waals surface area contributed by atoms with E-state index < -0.39 is 35.6 Å². The van der Waals surface area contributed by atoms with Gasteiger partial charge in [-0.05, 0) is 55.7 Å². The van der Waals surface area contributed by atoms with Crippen molar-refractivity contribution in [2.75, 3.05) is 26.1 Å². The van der Waals surface area contributed by atoms with Gasteiger partial charge in [0.15, 0.2) is 0 Å². The predicted molar refractivity (Wildman–Crippen MR) is 161 cm³/mol. The molecule has 3 amide bonds. The highest BCUT2D eigenvalue weighted by Crippen LogP contribution is 2.35. The Morgan fingerprint density at radius 1 is 1.18 bits per heavy atom. The first-order chi connectivity index (χ1) is 21.2. The Morgan fingerprint density at radius 3 is 2.66 bits per heavy atom. The van der Waals surface area contributed by atoms with E-state index >= 15 is 0 Å². The summed E-state index contributed by atoms with van der Waals surface area (Å²) in [5.41, 5.74) is 2.37. The molecule has 0 radical (unpaired) electrons. The number of halogens is 1. The molecule has 4 heterocycles. The summed E-state index contributed by atoms with van der Waals surface area (Å²) in [4.78, 5) is 42.3. The van der Waals surface area contributed by atoms with Crippen molar-refractivity contribution < 1.29 is 23.5 Å². The monoisotopic (exact) mass is 603 g/mol. The highest BCUT2D eigenvalue weighted by Gasteiger charge is 2.37. The summed E-state index contributed by atoms with van der Waals surface area (Å²) in [6.45, 7) is 2.27. The number of carbonyl (C=O) groups excluding carboxylic acids is 2. The van der Waals surface area contributed by atoms with Crippen LogP contribution < -0.4 is 21.5 Å². The minimum atomic E-state index is -0.637. The van der Waals surface area contributed by atoms with Crippen molar-refractivity contribution in [3.05, 3.63) is 93.9 Å². The molecule has 0 aliphatic carbocycles. The van der Waals surface area contributed by atoms with Crippen LogP contribution in [0, 0.1) is 12.9 Å². The van der Waals surface area contributed by atoms with E-state index in [1.807, 2.05) is 30.3 Å². The number of nitrogens with zero attached hydrogens (tertiary/aromatic N) is 4. The maximum absolute atomic E-state index is 14.0. The summed E-state index contributed by atoms with van der Waals surface area (Å²) in [7, 11) is 4.62. The third kappa shape index (κ3) is 6.38. The number of para-hydroxylation sites is 1. The Balaban J connectivity index is 1.48. The number of pyridine rings is 2. The molecule has 12 nitrogen and oxygen atoms in total. The summed E-state index contributed by atoms with van der Waals surface area (Å²) in [6.07, 6.45) is 3.27. The fourth-order valence-electron chi connectivity index (χ4n) is 5.36. The van der Waals surface area contributed by atoms with Crippen molar-refractivity contribution in [2.24, 2.45) is 7.05 Å². The van der Waals surface area contributed by atoms with Crippen molar-refractivity contribution in [3.8, 4) is 16.9 Å². The fourth-order valence-corrected chi connectivity index (χ4v) is 5.36. The van der Waals surface area contributed by atoms with Crippen LogP contribution in [0.3, 0.4) is 0 Å². The van der Waals surface area contributed by atoms with Gasteiger partial charge in [-0.15, -0.1) is 0 Å². The maximum Gasteiger partial charge on any atom is 0.320 e. The second kappa shape index (κ2) is 13.2. The lowest BCUT2D eigenvalue weighted by Crippen LogP contribution is -2.40. The van der Waals surface area contributed by atoms with E-state index in [0.717, 1.165) is 0 Å². The predicted octanol–water partition coefficient (Wildman–Crippen LogP) is 3.50. The van der Waals surface area contributed by atoms with Gasteiger partial charge in [-0.2, -0.15) is 9.49 Å². The smallest absolute Gasteiger partial charge is 0.320 e. The van der Waals surface area contributed by atoms with Gasteiger partial charge in [-0.25, -0.2) is 14.5 Å². The van der Waals surface area contributed by atoms with Crippen molar-refractivity contribution in [2.45, 2.75) is 38.0 Å². The number of hydrogen-bond acceptors (Lipinski definition) is 7. The van der Waals surface area contributed by atoms with Crippen LogP contribution in [0.4, 0.5) is 15.0 Å². The number of anilines is 1. The van der Waals surface area contributed by atoms with Crippen LogP contribution in [0.2, 0.25) is 0 Å². The Kier molecular flexibility index (Phi) is 9.16. The number of hydrogen-bond donors (Lipinski definition) is 3. The van der Waals surface area contributed by atoms with E-state index in [2.05, 4.69) is 20.9 Å². The van der Waals surface area contributed by atoms with Gasteiger partial charge in [0.25, 0.3) is 11.5 Å². The highest BCUT2D eigenvalue weighted by atomic mass is 19.1. The molecular weight excluding hydrogens is 569 g/mol. The Hall–Kier alpha value is -4.88. The van der Waals surface area contributed by atoms with Crippen molar-refractivity contribution in [1.29, 1.82) is 0 Å². The zero-order valence-corrected chi connectivity index (χ0v) is 24.8. The normalized spacial score (nSPS) is 17.8. The first-order valence-corrected chi connectivity index (χ1v) is 14.1. The lowest BCUT2D eigenvalue weighted by atomic mass is 10.0. The van der Waals surface area contributed by atoms with E-state index in [-0.39, 0.29) is 11.7 Å². The number of ether oxygens (including phenoxy) is 2. The Bertz CT molecular complexity index is 1720. The molecule has 3 N–H and O–H groups in total. The number of aromatic nitrogens is 4. The third-order valence-corrected chi connectivity index (χ3v) is 7.54. The van der Waals surface area contributed by atoms with Crippen LogP contribution in [0.1, 0.15) is 40.4 Å². The summed E-state index contributed by atoms with van der Waals surface area (Å²) in [5.74, 6) is -0.764. The molecule has 3 atom stereocenters. The average Bonchev–Trinajstić information content (AvgIpc) is 3.57. The largest absolute Gasteiger partial charge is 0.385 e. The van der Waals surface area contributed by atoms with Gasteiger partial charge in [0.1, 0.15) is 17.5 Å². The van der Waals surface area contributed by atoms with E-state index in [1.165, 1.54) is 29.9 Å². The number of aryl methyl sites for hydroxylation is 1. The van der Waals surface area contributed by atoms with E-state index in [4.69, 9.17) is 14.6 Å². The third-order valence-electron chi connectivity index (χ3n) is 7.54. The maximum atomic E-state index is 14.0. The van der Waals surface area contributed by atoms with Crippen LogP contribution in [0.5, 0.6) is 0 Å². The van der Waals surface area contributed by atoms with E-state index in [0.29, 0.717) is 53.3 Å². The lowest BCUT2D eigenvalue weighted by molar-refractivity contribution is 0.0210. The fraction of sp³-hybridized carbons (Fsp3) is 0.323. The molecular formula is C31H34FN7O5. The number of rotatable bonds is 9. The number of carbonyl (C=O) groups is 2. The van der Waals surface area contributed by atoms with Gasteiger partial charge in [-0.3, -0.25) is 14.9 Å². The molecule has 5 rings (SSSR count). The van der Waals surface area contributed by atoms with E-state index in [1.54, 1.807) is 38.0 Å². The first-order valence-electron chi connectivity index (χ1n) is 14.1.